The quantitative estimate of drug-likeness (QED) is 0.654. The molecule has 4 N–H and O–H groups in total. The van der Waals surface area contributed by atoms with Crippen LogP contribution in [-0.4, -0.2) is 30.6 Å². The van der Waals surface area contributed by atoms with Gasteiger partial charge in [0.05, 0.1) is 5.56 Å². The summed E-state index contributed by atoms with van der Waals surface area (Å²) >= 11 is 0. The first-order chi connectivity index (χ1) is 10.0. The van der Waals surface area contributed by atoms with Crippen LogP contribution in [0.2, 0.25) is 0 Å². The Morgan fingerprint density at radius 3 is 2.43 bits per heavy atom. The van der Waals surface area contributed by atoms with Crippen LogP contribution < -0.4 is 16.4 Å². The van der Waals surface area contributed by atoms with E-state index in [1.807, 2.05) is 0 Å². The van der Waals surface area contributed by atoms with Gasteiger partial charge < -0.3 is 21.1 Å². The second-order valence-electron chi connectivity index (χ2n) is 4.83. The van der Waals surface area contributed by atoms with Crippen LogP contribution in [0, 0.1) is 0 Å². The second-order valence-corrected chi connectivity index (χ2v) is 4.83. The van der Waals surface area contributed by atoms with Crippen LogP contribution in [0.4, 0.5) is 4.79 Å². The highest BCUT2D eigenvalue weighted by atomic mass is 16.5. The van der Waals surface area contributed by atoms with Crippen molar-refractivity contribution in [3.05, 3.63) is 35.4 Å². The third kappa shape index (κ3) is 5.13. The number of esters is 1. The van der Waals surface area contributed by atoms with Gasteiger partial charge in [0.1, 0.15) is 0 Å². The molecule has 7 nitrogen and oxygen atoms in total. The SMILES string of the molecule is NC(=O)NCc1ccc(C(=O)OCC(=O)NC2CC2)cc1. The van der Waals surface area contributed by atoms with Gasteiger partial charge in [0.2, 0.25) is 0 Å². The molecule has 1 aromatic carbocycles. The number of hydrogen-bond acceptors (Lipinski definition) is 4. The summed E-state index contributed by atoms with van der Waals surface area (Å²) in [6.07, 6.45) is 1.97. The minimum Gasteiger partial charge on any atom is -0.452 e. The molecule has 1 aromatic rings. The summed E-state index contributed by atoms with van der Waals surface area (Å²) in [5, 5.41) is 5.17. The maximum Gasteiger partial charge on any atom is 0.338 e. The van der Waals surface area contributed by atoms with Crippen LogP contribution >= 0.6 is 0 Å². The zero-order chi connectivity index (χ0) is 15.2. The first-order valence-electron chi connectivity index (χ1n) is 6.63. The Labute approximate surface area is 121 Å². The Kier molecular flexibility index (Phi) is 4.76. The third-order valence-electron chi connectivity index (χ3n) is 2.93. The van der Waals surface area contributed by atoms with E-state index in [9.17, 15) is 14.4 Å². The molecule has 0 radical (unpaired) electrons. The molecule has 112 valence electrons. The molecule has 1 aliphatic carbocycles. The van der Waals surface area contributed by atoms with E-state index < -0.39 is 12.0 Å². The van der Waals surface area contributed by atoms with Crippen LogP contribution in [0.25, 0.3) is 0 Å². The van der Waals surface area contributed by atoms with E-state index in [1.165, 1.54) is 0 Å². The van der Waals surface area contributed by atoms with Crippen LogP contribution in [-0.2, 0) is 16.1 Å². The zero-order valence-electron chi connectivity index (χ0n) is 11.4. The molecule has 21 heavy (non-hydrogen) atoms. The number of urea groups is 1. The lowest BCUT2D eigenvalue weighted by atomic mass is 10.1. The first-order valence-corrected chi connectivity index (χ1v) is 6.63. The largest absolute Gasteiger partial charge is 0.452 e. The fourth-order valence-electron chi connectivity index (χ4n) is 1.66. The molecule has 7 heteroatoms. The maximum atomic E-state index is 11.7. The number of rotatable bonds is 6. The molecule has 1 aliphatic rings. The number of carbonyl (C=O) groups excluding carboxylic acids is 3. The van der Waals surface area contributed by atoms with Crippen LogP contribution in [0.5, 0.6) is 0 Å². The van der Waals surface area contributed by atoms with Gasteiger partial charge in [0.25, 0.3) is 5.91 Å². The van der Waals surface area contributed by atoms with E-state index >= 15 is 0 Å². The zero-order valence-corrected chi connectivity index (χ0v) is 11.4. The molecular formula is C14H17N3O4. The van der Waals surface area contributed by atoms with Crippen LogP contribution in [0.15, 0.2) is 24.3 Å². The molecule has 0 aromatic heterocycles. The molecule has 3 amide bonds. The highest BCUT2D eigenvalue weighted by Gasteiger charge is 2.23. The topological polar surface area (TPSA) is 111 Å². The predicted octanol–water partition coefficient (Wildman–Crippen LogP) is 0.290. The maximum absolute atomic E-state index is 11.7. The van der Waals surface area contributed by atoms with E-state index in [2.05, 4.69) is 10.6 Å². The van der Waals surface area contributed by atoms with Crippen molar-refractivity contribution in [2.24, 2.45) is 5.73 Å². The van der Waals surface area contributed by atoms with E-state index in [0.29, 0.717) is 5.56 Å². The van der Waals surface area contributed by atoms with E-state index in [0.717, 1.165) is 18.4 Å². The van der Waals surface area contributed by atoms with Crippen molar-refractivity contribution in [3.8, 4) is 0 Å². The molecule has 1 fully saturated rings. The molecule has 2 rings (SSSR count). The Morgan fingerprint density at radius 2 is 1.86 bits per heavy atom. The molecule has 0 aliphatic heterocycles. The molecule has 0 heterocycles. The van der Waals surface area contributed by atoms with Gasteiger partial charge in [-0.2, -0.15) is 0 Å². The summed E-state index contributed by atoms with van der Waals surface area (Å²) in [4.78, 5) is 33.7. The lowest BCUT2D eigenvalue weighted by Gasteiger charge is -2.06. The highest BCUT2D eigenvalue weighted by molar-refractivity contribution is 5.91. The highest BCUT2D eigenvalue weighted by Crippen LogP contribution is 2.18. The smallest absolute Gasteiger partial charge is 0.338 e. The van der Waals surface area contributed by atoms with Crippen molar-refractivity contribution in [3.63, 3.8) is 0 Å². The van der Waals surface area contributed by atoms with Gasteiger partial charge in [0.15, 0.2) is 6.61 Å². The number of carbonyl (C=O) groups is 3. The van der Waals surface area contributed by atoms with Crippen molar-refractivity contribution < 1.29 is 19.1 Å². The molecule has 0 unspecified atom stereocenters. The number of nitrogens with two attached hydrogens (primary N) is 1. The summed E-state index contributed by atoms with van der Waals surface area (Å²) in [6.45, 7) is 0.00870. The van der Waals surface area contributed by atoms with Crippen molar-refractivity contribution in [2.45, 2.75) is 25.4 Å². The lowest BCUT2D eigenvalue weighted by Crippen LogP contribution is -2.30. The predicted molar refractivity (Wildman–Crippen MR) is 74.3 cm³/mol. The molecule has 0 atom stereocenters. The summed E-state index contributed by atoms with van der Waals surface area (Å²) < 4.78 is 4.92. The van der Waals surface area contributed by atoms with Crippen molar-refractivity contribution in [1.82, 2.24) is 10.6 Å². The number of primary amides is 1. The van der Waals surface area contributed by atoms with Gasteiger partial charge in [-0.3, -0.25) is 4.79 Å². The Bertz CT molecular complexity index is 538. The summed E-state index contributed by atoms with van der Waals surface area (Å²) in [5.74, 6) is -0.844. The number of benzene rings is 1. The van der Waals surface area contributed by atoms with Crippen molar-refractivity contribution in [1.29, 1.82) is 0 Å². The van der Waals surface area contributed by atoms with E-state index in [4.69, 9.17) is 10.5 Å². The van der Waals surface area contributed by atoms with E-state index in [-0.39, 0.29) is 25.1 Å². The fraction of sp³-hybridized carbons (Fsp3) is 0.357. The molecule has 0 saturated heterocycles. The van der Waals surface area contributed by atoms with Crippen LogP contribution in [0.1, 0.15) is 28.8 Å². The first kappa shape index (κ1) is 14.8. The second kappa shape index (κ2) is 6.74. The summed E-state index contributed by atoms with van der Waals surface area (Å²) in [6, 6.07) is 6.12. The van der Waals surface area contributed by atoms with Crippen molar-refractivity contribution >= 4 is 17.9 Å². The number of ether oxygens (including phenoxy) is 1. The Hall–Kier alpha value is -2.57. The molecule has 1 saturated carbocycles. The van der Waals surface area contributed by atoms with Gasteiger partial charge in [-0.25, -0.2) is 9.59 Å². The molecule has 0 spiro atoms. The Balaban J connectivity index is 1.78. The van der Waals surface area contributed by atoms with Gasteiger partial charge in [-0.05, 0) is 30.5 Å². The minimum absolute atomic E-state index is 0.244. The molecule has 0 bridgehead atoms. The minimum atomic E-state index is -0.611. The number of amides is 3. The Morgan fingerprint density at radius 1 is 1.19 bits per heavy atom. The van der Waals surface area contributed by atoms with Gasteiger partial charge >= 0.3 is 12.0 Å². The van der Waals surface area contributed by atoms with E-state index in [1.54, 1.807) is 24.3 Å². The van der Waals surface area contributed by atoms with Crippen molar-refractivity contribution in [2.75, 3.05) is 6.61 Å². The standard InChI is InChI=1S/C14H17N3O4/c15-14(20)16-7-9-1-3-10(4-2-9)13(19)21-8-12(18)17-11-5-6-11/h1-4,11H,5-8H2,(H,17,18)(H3,15,16,20). The monoisotopic (exact) mass is 291 g/mol. The van der Waals surface area contributed by atoms with Crippen LogP contribution in [0.3, 0.4) is 0 Å². The van der Waals surface area contributed by atoms with Gasteiger partial charge in [-0.1, -0.05) is 12.1 Å². The lowest BCUT2D eigenvalue weighted by molar-refractivity contribution is -0.124. The fourth-order valence-corrected chi connectivity index (χ4v) is 1.66. The normalized spacial score (nSPS) is 13.3. The average Bonchev–Trinajstić information content (AvgIpc) is 3.27. The van der Waals surface area contributed by atoms with Gasteiger partial charge in [-0.15, -0.1) is 0 Å². The number of hydrogen-bond donors (Lipinski definition) is 3. The third-order valence-corrected chi connectivity index (χ3v) is 2.93. The summed E-state index contributed by atoms with van der Waals surface area (Å²) in [7, 11) is 0. The summed E-state index contributed by atoms with van der Waals surface area (Å²) in [5.41, 5.74) is 6.11. The molecular weight excluding hydrogens is 274 g/mol. The average molecular weight is 291 g/mol. The number of nitrogens with one attached hydrogen (secondary N) is 2. The van der Waals surface area contributed by atoms with Gasteiger partial charge in [0, 0.05) is 12.6 Å².